The first-order valence-electron chi connectivity index (χ1n) is 5.47. The van der Waals surface area contributed by atoms with Crippen molar-refractivity contribution in [3.05, 3.63) is 40.8 Å². The molecule has 5 nitrogen and oxygen atoms in total. The first kappa shape index (κ1) is 10.0. The van der Waals surface area contributed by atoms with Gasteiger partial charge in [0.1, 0.15) is 0 Å². The highest BCUT2D eigenvalue weighted by molar-refractivity contribution is 6.02. The minimum absolute atomic E-state index is 0.0436. The van der Waals surface area contributed by atoms with Crippen LogP contribution >= 0.6 is 0 Å². The van der Waals surface area contributed by atoms with Crippen LogP contribution in [0.2, 0.25) is 0 Å². The molecule has 0 aliphatic carbocycles. The number of hydrogen-bond acceptors (Lipinski definition) is 3. The van der Waals surface area contributed by atoms with E-state index in [9.17, 15) is 4.79 Å². The maximum absolute atomic E-state index is 12.2. The number of rotatable bonds is 2. The summed E-state index contributed by atoms with van der Waals surface area (Å²) in [4.78, 5) is 12.2. The summed E-state index contributed by atoms with van der Waals surface area (Å²) in [5.41, 5.74) is 7.19. The Morgan fingerprint density at radius 2 is 2.12 bits per heavy atom. The first-order valence-corrected chi connectivity index (χ1v) is 5.47. The maximum atomic E-state index is 12.2. The third kappa shape index (κ3) is 1.36. The van der Waals surface area contributed by atoms with Crippen LogP contribution in [0.5, 0.6) is 0 Å². The molecule has 2 heterocycles. The Bertz CT molecular complexity index is 741. The van der Waals surface area contributed by atoms with Crippen molar-refractivity contribution in [1.82, 2.24) is 14.8 Å². The number of aromatic nitrogens is 3. The fourth-order valence-electron chi connectivity index (χ4n) is 2.18. The van der Waals surface area contributed by atoms with E-state index in [-0.39, 0.29) is 5.56 Å². The molecule has 0 atom stereocenters. The number of para-hydroxylation sites is 1. The molecule has 0 unspecified atom stereocenters. The van der Waals surface area contributed by atoms with Crippen molar-refractivity contribution in [1.29, 1.82) is 0 Å². The van der Waals surface area contributed by atoms with Crippen LogP contribution in [0.25, 0.3) is 21.8 Å². The molecule has 3 aromatic rings. The molecule has 0 aliphatic heterocycles. The van der Waals surface area contributed by atoms with Gasteiger partial charge in [0.2, 0.25) is 0 Å². The Morgan fingerprint density at radius 3 is 2.94 bits per heavy atom. The second kappa shape index (κ2) is 3.71. The number of H-pyrrole nitrogens is 1. The molecule has 1 aromatic carbocycles. The van der Waals surface area contributed by atoms with E-state index in [1.54, 1.807) is 10.8 Å². The molecule has 0 fully saturated rings. The van der Waals surface area contributed by atoms with E-state index in [1.807, 2.05) is 24.3 Å². The fraction of sp³-hybridized carbons (Fsp3) is 0.167. The van der Waals surface area contributed by atoms with E-state index in [0.29, 0.717) is 18.5 Å². The molecule has 0 saturated heterocycles. The van der Waals surface area contributed by atoms with Gasteiger partial charge in [0.25, 0.3) is 5.56 Å². The highest BCUT2D eigenvalue weighted by Crippen LogP contribution is 2.19. The van der Waals surface area contributed by atoms with Crippen LogP contribution in [0.15, 0.2) is 35.3 Å². The van der Waals surface area contributed by atoms with Crippen molar-refractivity contribution in [3.8, 4) is 0 Å². The summed E-state index contributed by atoms with van der Waals surface area (Å²) in [5.74, 6) is 0. The molecule has 86 valence electrons. The van der Waals surface area contributed by atoms with Crippen molar-refractivity contribution < 1.29 is 0 Å². The number of nitrogens with zero attached hydrogens (tertiary/aromatic N) is 2. The lowest BCUT2D eigenvalue weighted by molar-refractivity contribution is 0.712. The number of fused-ring (bicyclic) bond motifs is 3. The van der Waals surface area contributed by atoms with Crippen LogP contribution in [0.4, 0.5) is 0 Å². The van der Waals surface area contributed by atoms with Gasteiger partial charge >= 0.3 is 0 Å². The monoisotopic (exact) mass is 228 g/mol. The van der Waals surface area contributed by atoms with Gasteiger partial charge in [-0.2, -0.15) is 5.10 Å². The first-order chi connectivity index (χ1) is 8.33. The fourth-order valence-corrected chi connectivity index (χ4v) is 2.18. The van der Waals surface area contributed by atoms with Crippen LogP contribution in [-0.2, 0) is 6.54 Å². The van der Waals surface area contributed by atoms with Crippen LogP contribution < -0.4 is 11.3 Å². The van der Waals surface area contributed by atoms with E-state index < -0.39 is 0 Å². The van der Waals surface area contributed by atoms with Gasteiger partial charge in [-0.1, -0.05) is 18.2 Å². The molecule has 17 heavy (non-hydrogen) atoms. The average molecular weight is 228 g/mol. The zero-order chi connectivity index (χ0) is 11.8. The molecule has 0 amide bonds. The van der Waals surface area contributed by atoms with Crippen LogP contribution in [-0.4, -0.2) is 21.3 Å². The second-order valence-electron chi connectivity index (χ2n) is 3.92. The molecule has 0 radical (unpaired) electrons. The lowest BCUT2D eigenvalue weighted by atomic mass is 10.1. The SMILES string of the molecule is NCCn1c(=O)c2cn[nH]c2c2ccccc21. The average Bonchev–Trinajstić information content (AvgIpc) is 2.84. The number of hydrogen-bond donors (Lipinski definition) is 2. The molecular formula is C12H12N4O. The summed E-state index contributed by atoms with van der Waals surface area (Å²) in [6.07, 6.45) is 1.57. The topological polar surface area (TPSA) is 76.7 Å². The molecule has 5 heteroatoms. The zero-order valence-electron chi connectivity index (χ0n) is 9.18. The largest absolute Gasteiger partial charge is 0.329 e. The van der Waals surface area contributed by atoms with Gasteiger partial charge in [-0.15, -0.1) is 0 Å². The smallest absolute Gasteiger partial charge is 0.262 e. The van der Waals surface area contributed by atoms with Crippen molar-refractivity contribution >= 4 is 21.8 Å². The summed E-state index contributed by atoms with van der Waals surface area (Å²) in [5, 5.41) is 8.42. The summed E-state index contributed by atoms with van der Waals surface area (Å²) >= 11 is 0. The molecule has 2 aromatic heterocycles. The van der Waals surface area contributed by atoms with Crippen LogP contribution in [0, 0.1) is 0 Å². The van der Waals surface area contributed by atoms with Crippen molar-refractivity contribution in [2.24, 2.45) is 5.73 Å². The van der Waals surface area contributed by atoms with Crippen LogP contribution in [0.1, 0.15) is 0 Å². The number of benzene rings is 1. The third-order valence-electron chi connectivity index (χ3n) is 2.93. The molecule has 0 aliphatic rings. The molecule has 0 bridgehead atoms. The van der Waals surface area contributed by atoms with Gasteiger partial charge in [-0.25, -0.2) is 0 Å². The Kier molecular flexibility index (Phi) is 2.19. The molecule has 0 spiro atoms. The Hall–Kier alpha value is -2.14. The van der Waals surface area contributed by atoms with Gasteiger partial charge in [0, 0.05) is 18.5 Å². The number of nitrogens with two attached hydrogens (primary N) is 1. The predicted molar refractivity (Wildman–Crippen MR) is 66.9 cm³/mol. The highest BCUT2D eigenvalue weighted by atomic mass is 16.1. The van der Waals surface area contributed by atoms with Crippen molar-refractivity contribution in [2.75, 3.05) is 6.54 Å². The van der Waals surface area contributed by atoms with E-state index in [0.717, 1.165) is 16.4 Å². The van der Waals surface area contributed by atoms with E-state index in [1.165, 1.54) is 0 Å². The molecule has 3 rings (SSSR count). The van der Waals surface area contributed by atoms with Gasteiger partial charge in [-0.05, 0) is 6.07 Å². The Balaban J connectivity index is 2.57. The zero-order valence-corrected chi connectivity index (χ0v) is 9.18. The van der Waals surface area contributed by atoms with Gasteiger partial charge in [0.15, 0.2) is 0 Å². The van der Waals surface area contributed by atoms with E-state index in [2.05, 4.69) is 10.2 Å². The minimum atomic E-state index is -0.0436. The summed E-state index contributed by atoms with van der Waals surface area (Å²) < 4.78 is 1.70. The van der Waals surface area contributed by atoms with E-state index in [4.69, 9.17) is 5.73 Å². The normalized spacial score (nSPS) is 11.4. The van der Waals surface area contributed by atoms with E-state index >= 15 is 0 Å². The standard InChI is InChI=1S/C12H12N4O/c13-5-6-16-10-4-2-1-3-8(10)11-9(12(16)17)7-14-15-11/h1-4,7H,5-6,13H2,(H,14,15). The third-order valence-corrected chi connectivity index (χ3v) is 2.93. The van der Waals surface area contributed by atoms with Gasteiger partial charge in [-0.3, -0.25) is 9.89 Å². The number of nitrogens with one attached hydrogen (secondary N) is 1. The Morgan fingerprint density at radius 1 is 1.29 bits per heavy atom. The lowest BCUT2D eigenvalue weighted by Crippen LogP contribution is -2.24. The number of aromatic amines is 1. The summed E-state index contributed by atoms with van der Waals surface area (Å²) in [6.45, 7) is 0.952. The predicted octanol–water partition coefficient (Wildman–Crippen LogP) is 0.836. The second-order valence-corrected chi connectivity index (χ2v) is 3.92. The number of pyridine rings is 1. The summed E-state index contributed by atoms with van der Waals surface area (Å²) in [7, 11) is 0. The molecular weight excluding hydrogens is 216 g/mol. The van der Waals surface area contributed by atoms with Crippen molar-refractivity contribution in [2.45, 2.75) is 6.54 Å². The quantitative estimate of drug-likeness (QED) is 0.682. The van der Waals surface area contributed by atoms with Crippen LogP contribution in [0.3, 0.4) is 0 Å². The Labute approximate surface area is 96.9 Å². The molecule has 3 N–H and O–H groups in total. The van der Waals surface area contributed by atoms with Gasteiger partial charge in [0.05, 0.1) is 22.6 Å². The van der Waals surface area contributed by atoms with Gasteiger partial charge < -0.3 is 10.3 Å². The summed E-state index contributed by atoms with van der Waals surface area (Å²) in [6, 6.07) is 7.76. The van der Waals surface area contributed by atoms with Crippen molar-refractivity contribution in [3.63, 3.8) is 0 Å². The highest BCUT2D eigenvalue weighted by Gasteiger charge is 2.10. The minimum Gasteiger partial charge on any atom is -0.329 e. The lowest BCUT2D eigenvalue weighted by Gasteiger charge is -2.09. The maximum Gasteiger partial charge on any atom is 0.262 e. The molecule has 0 saturated carbocycles.